The van der Waals surface area contributed by atoms with Crippen molar-refractivity contribution < 1.29 is 18.7 Å². The Balaban J connectivity index is 0.717. The quantitative estimate of drug-likeness (QED) is 0.0954. The number of benzene rings is 2. The number of piperidine rings is 3. The third kappa shape index (κ3) is 8.73. The van der Waals surface area contributed by atoms with Crippen LogP contribution < -0.4 is 31.3 Å². The lowest BCUT2D eigenvalue weighted by Crippen LogP contribution is -2.57. The van der Waals surface area contributed by atoms with Crippen LogP contribution in [0.15, 0.2) is 78.2 Å². The molecule has 0 radical (unpaired) electrons. The van der Waals surface area contributed by atoms with Gasteiger partial charge in [-0.2, -0.15) is 4.98 Å². The van der Waals surface area contributed by atoms with E-state index in [1.807, 2.05) is 16.8 Å². The van der Waals surface area contributed by atoms with Gasteiger partial charge in [-0.15, -0.1) is 6.58 Å². The van der Waals surface area contributed by atoms with Gasteiger partial charge < -0.3 is 30.1 Å². The number of hydrogen-bond donors (Lipinski definition) is 3. The highest BCUT2D eigenvalue weighted by Crippen LogP contribution is 2.37. The first-order valence-electron chi connectivity index (χ1n) is 23.4. The number of likely N-dealkylation sites (tertiary alicyclic amines) is 1. The summed E-state index contributed by atoms with van der Waals surface area (Å²) < 4.78 is 25.4. The van der Waals surface area contributed by atoms with Gasteiger partial charge in [0.05, 0.1) is 24.4 Å². The molecule has 3 aromatic heterocycles. The maximum absolute atomic E-state index is 15.5. The topological polar surface area (TPSA) is 155 Å². The number of hydrogen-bond acceptors (Lipinski definition) is 12. The summed E-state index contributed by atoms with van der Waals surface area (Å²) in [7, 11) is 0. The number of morpholine rings is 1. The van der Waals surface area contributed by atoms with Gasteiger partial charge in [-0.3, -0.25) is 19.7 Å². The van der Waals surface area contributed by atoms with Gasteiger partial charge in [-0.05, 0) is 111 Å². The number of nitrogens with one attached hydrogen (secondary N) is 3. The van der Waals surface area contributed by atoms with Crippen LogP contribution in [0.4, 0.5) is 33.1 Å². The van der Waals surface area contributed by atoms with Crippen molar-refractivity contribution in [2.75, 3.05) is 72.9 Å². The number of carbonyl (C=O) groups is 2. The molecule has 7 heterocycles. The number of rotatable bonds is 12. The Morgan fingerprint density at radius 3 is 2.48 bits per heavy atom. The molecular weight excluding hydrogens is 826 g/mol. The number of carbonyl (C=O) groups excluding carboxylic acids is 2. The molecule has 0 bridgehead atoms. The summed E-state index contributed by atoms with van der Waals surface area (Å²) in [5, 5.41) is 9.22. The van der Waals surface area contributed by atoms with Crippen LogP contribution in [0.2, 0.25) is 0 Å². The average Bonchev–Trinajstić information content (AvgIpc) is 3.85. The number of allylic oxidation sites excluding steroid dienone is 1. The summed E-state index contributed by atoms with van der Waals surface area (Å²) in [6.07, 6.45) is 11.2. The number of halogens is 1. The Labute approximate surface area is 378 Å². The van der Waals surface area contributed by atoms with Crippen LogP contribution in [0, 0.1) is 11.7 Å². The maximum Gasteiger partial charge on any atom is 0.278 e. The first-order valence-corrected chi connectivity index (χ1v) is 23.4. The molecule has 3 N–H and O–H groups in total. The van der Waals surface area contributed by atoms with E-state index in [4.69, 9.17) is 14.7 Å². The van der Waals surface area contributed by atoms with E-state index in [-0.39, 0.29) is 35.2 Å². The molecule has 16 heteroatoms. The van der Waals surface area contributed by atoms with Crippen LogP contribution in [-0.4, -0.2) is 105 Å². The first kappa shape index (κ1) is 42.8. The average molecular weight is 884 g/mol. The number of nitrogens with zero attached hydrogens (tertiary/aromatic N) is 8. The number of ether oxygens (including phenoxy) is 1. The molecule has 0 saturated carbocycles. The molecule has 5 aliphatic rings. The van der Waals surface area contributed by atoms with Crippen molar-refractivity contribution in [3.05, 3.63) is 101 Å². The van der Waals surface area contributed by atoms with Crippen molar-refractivity contribution in [1.29, 1.82) is 0 Å². The molecule has 10 rings (SSSR count). The van der Waals surface area contributed by atoms with Crippen molar-refractivity contribution in [3.63, 3.8) is 0 Å². The molecule has 15 nitrogen and oxygen atoms in total. The number of fused-ring (bicyclic) bond motifs is 2. The molecule has 65 heavy (non-hydrogen) atoms. The zero-order valence-electron chi connectivity index (χ0n) is 37.1. The molecule has 4 aliphatic heterocycles. The lowest BCUT2D eigenvalue weighted by Gasteiger charge is -2.48. The van der Waals surface area contributed by atoms with E-state index in [0.717, 1.165) is 89.1 Å². The number of pyridine rings is 1. The van der Waals surface area contributed by atoms with Crippen molar-refractivity contribution in [2.45, 2.75) is 88.8 Å². The van der Waals surface area contributed by atoms with Gasteiger partial charge >= 0.3 is 0 Å². The Morgan fingerprint density at radius 1 is 0.923 bits per heavy atom. The van der Waals surface area contributed by atoms with E-state index in [1.54, 1.807) is 23.0 Å². The molecule has 1 aliphatic carbocycles. The van der Waals surface area contributed by atoms with Gasteiger partial charge in [-0.25, -0.2) is 23.7 Å². The largest absolute Gasteiger partial charge is 0.374 e. The van der Waals surface area contributed by atoms with E-state index in [9.17, 15) is 14.4 Å². The van der Waals surface area contributed by atoms with Gasteiger partial charge in [0, 0.05) is 87.1 Å². The smallest absolute Gasteiger partial charge is 0.278 e. The zero-order chi connectivity index (χ0) is 44.7. The summed E-state index contributed by atoms with van der Waals surface area (Å²) in [5.74, 6) is 1.12. The van der Waals surface area contributed by atoms with E-state index < -0.39 is 6.04 Å². The Bertz CT molecular complexity index is 2650. The lowest BCUT2D eigenvalue weighted by atomic mass is 9.87. The second kappa shape index (κ2) is 18.0. The second-order valence-electron chi connectivity index (χ2n) is 18.4. The predicted octanol–water partition coefficient (Wildman–Crippen LogP) is 6.29. The Kier molecular flexibility index (Phi) is 11.9. The van der Waals surface area contributed by atoms with Crippen LogP contribution in [-0.2, 0) is 27.3 Å². The molecule has 4 fully saturated rings. The third-order valence-corrected chi connectivity index (χ3v) is 14.3. The molecular formula is C49H58FN11O4. The van der Waals surface area contributed by atoms with Gasteiger partial charge in [0.1, 0.15) is 17.2 Å². The summed E-state index contributed by atoms with van der Waals surface area (Å²) in [4.78, 5) is 58.9. The minimum Gasteiger partial charge on any atom is -0.374 e. The number of anilines is 5. The highest BCUT2D eigenvalue weighted by Gasteiger charge is 2.41. The van der Waals surface area contributed by atoms with Crippen molar-refractivity contribution in [3.8, 4) is 5.82 Å². The van der Waals surface area contributed by atoms with Crippen LogP contribution in [0.5, 0.6) is 0 Å². The molecule has 2 unspecified atom stereocenters. The molecule has 1 spiro atoms. The minimum atomic E-state index is -0.560. The Morgan fingerprint density at radius 2 is 1.72 bits per heavy atom. The molecule has 2 aromatic carbocycles. The summed E-state index contributed by atoms with van der Waals surface area (Å²) >= 11 is 0. The molecule has 340 valence electrons. The predicted molar refractivity (Wildman–Crippen MR) is 250 cm³/mol. The van der Waals surface area contributed by atoms with E-state index in [2.05, 4.69) is 79.5 Å². The van der Waals surface area contributed by atoms with Gasteiger partial charge in [0.2, 0.25) is 17.8 Å². The van der Waals surface area contributed by atoms with Crippen molar-refractivity contribution in [1.82, 2.24) is 34.5 Å². The number of aromatic nitrogens is 5. The summed E-state index contributed by atoms with van der Waals surface area (Å²) in [5.41, 5.74) is 5.54. The number of amides is 2. The van der Waals surface area contributed by atoms with Gasteiger partial charge in [0.15, 0.2) is 11.5 Å². The van der Waals surface area contributed by atoms with Gasteiger partial charge in [0.25, 0.3) is 5.56 Å². The lowest BCUT2D eigenvalue weighted by molar-refractivity contribution is -0.133. The van der Waals surface area contributed by atoms with Crippen molar-refractivity contribution >= 4 is 51.5 Å². The normalized spacial score (nSPS) is 21.4. The molecule has 2 atom stereocenters. The minimum absolute atomic E-state index is 0.178. The van der Waals surface area contributed by atoms with Crippen molar-refractivity contribution in [2.24, 2.45) is 5.92 Å². The van der Waals surface area contributed by atoms with E-state index >= 15 is 4.39 Å². The third-order valence-electron chi connectivity index (χ3n) is 14.3. The molecule has 4 saturated heterocycles. The number of imide groups is 1. The maximum atomic E-state index is 15.5. The Hall–Kier alpha value is -6.13. The van der Waals surface area contributed by atoms with Crippen LogP contribution in [0.3, 0.4) is 0 Å². The summed E-state index contributed by atoms with van der Waals surface area (Å²) in [6, 6.07) is 17.0. The monoisotopic (exact) mass is 883 g/mol. The molecule has 2 amide bonds. The first-order chi connectivity index (χ1) is 31.7. The van der Waals surface area contributed by atoms with E-state index in [1.165, 1.54) is 17.3 Å². The van der Waals surface area contributed by atoms with Crippen LogP contribution in [0.25, 0.3) is 16.9 Å². The summed E-state index contributed by atoms with van der Waals surface area (Å²) in [6.45, 7) is 13.2. The highest BCUT2D eigenvalue weighted by atomic mass is 19.1. The molecule has 5 aromatic rings. The second-order valence-corrected chi connectivity index (χ2v) is 18.4. The fraction of sp³-hybridized carbons (Fsp3) is 0.469. The van der Waals surface area contributed by atoms with Gasteiger partial charge in [-0.1, -0.05) is 19.1 Å². The fourth-order valence-electron chi connectivity index (χ4n) is 10.7. The number of aryl methyl sites for hydroxylation is 1. The van der Waals surface area contributed by atoms with E-state index in [0.29, 0.717) is 78.7 Å². The van der Waals surface area contributed by atoms with Crippen LogP contribution in [0.1, 0.15) is 75.5 Å². The highest BCUT2D eigenvalue weighted by molar-refractivity contribution is 6.01. The van der Waals surface area contributed by atoms with Crippen LogP contribution >= 0.6 is 0 Å². The standard InChI is InChI=1S/C49H58FN11O4/c1-3-21-60-47(64)38-29-51-48(56-45(38)61(60)42-15-7-34-6-5-33(4-2)44(34)54-42)53-35-8-11-37(12-9-35)58-22-17-32(18-23-58)30-57-24-19-49(20-25-57)31-59(26-27-65-49)41-14-10-36(28-39(41)50)52-40-13-16-43(62)55-46(40)63/h3,7-12,14-15,28-29,32-33,40,52H,1,4-6,13,16-27,30-31H2,2H3,(H,51,53,56)(H,55,62,63). The fourth-order valence-corrected chi connectivity index (χ4v) is 10.7. The SMILES string of the molecule is C=CCn1c(=O)c2cnc(Nc3ccc(N4CCC(CN5CCC6(CC5)CN(c5ccc(NC7CCC(=O)NC7=O)cc5F)CCO6)CC4)cc3)nc2n1-c1ccc2c(n1)C(CC)CC2. The zero-order valence-corrected chi connectivity index (χ0v) is 37.1.